The lowest BCUT2D eigenvalue weighted by atomic mass is 10.00. The lowest BCUT2D eigenvalue weighted by Gasteiger charge is -2.39. The summed E-state index contributed by atoms with van der Waals surface area (Å²) in [5.41, 5.74) is 4.01. The van der Waals surface area contributed by atoms with Crippen LogP contribution < -0.4 is 5.32 Å². The van der Waals surface area contributed by atoms with Gasteiger partial charge in [0.05, 0.1) is 12.2 Å². The van der Waals surface area contributed by atoms with Crippen LogP contribution in [0.2, 0.25) is 0 Å². The van der Waals surface area contributed by atoms with Crippen LogP contribution in [0.25, 0.3) is 0 Å². The number of rotatable bonds is 3. The highest BCUT2D eigenvalue weighted by Gasteiger charge is 2.32. The summed E-state index contributed by atoms with van der Waals surface area (Å²) in [5.74, 6) is 0. The molecule has 0 amide bonds. The first-order valence-corrected chi connectivity index (χ1v) is 5.50. The Hall–Kier alpha value is -0.860. The predicted octanol–water partition coefficient (Wildman–Crippen LogP) is 2.18. The van der Waals surface area contributed by atoms with E-state index in [9.17, 15) is 0 Å². The third kappa shape index (κ3) is 2.39. The average molecular weight is 205 g/mol. The molecule has 0 atom stereocenters. The van der Waals surface area contributed by atoms with Crippen molar-refractivity contribution in [1.82, 2.24) is 5.32 Å². The molecule has 0 radical (unpaired) electrons. The number of aryl methyl sites for hydroxylation is 2. The summed E-state index contributed by atoms with van der Waals surface area (Å²) in [7, 11) is 0. The Balaban J connectivity index is 1.96. The molecule has 2 nitrogen and oxygen atoms in total. The topological polar surface area (TPSA) is 21.3 Å². The molecule has 1 heterocycles. The molecule has 0 aromatic heterocycles. The van der Waals surface area contributed by atoms with Gasteiger partial charge in [-0.3, -0.25) is 0 Å². The highest BCUT2D eigenvalue weighted by molar-refractivity contribution is 5.29. The fourth-order valence-electron chi connectivity index (χ4n) is 1.73. The number of hydrogen-bond acceptors (Lipinski definition) is 2. The molecule has 0 spiro atoms. The summed E-state index contributed by atoms with van der Waals surface area (Å²) in [6.45, 7) is 9.10. The molecule has 1 aromatic carbocycles. The summed E-state index contributed by atoms with van der Waals surface area (Å²) in [4.78, 5) is 0. The first-order chi connectivity index (χ1) is 7.09. The van der Waals surface area contributed by atoms with Crippen molar-refractivity contribution >= 4 is 0 Å². The maximum atomic E-state index is 5.88. The molecule has 0 bridgehead atoms. The molecular formula is C13H19NO. The van der Waals surface area contributed by atoms with Crippen molar-refractivity contribution in [2.24, 2.45) is 0 Å². The highest BCUT2D eigenvalue weighted by atomic mass is 16.5. The third-order valence-corrected chi connectivity index (χ3v) is 3.16. The second kappa shape index (κ2) is 3.95. The average Bonchev–Trinajstić information content (AvgIpc) is 2.17. The Morgan fingerprint density at radius 1 is 1.27 bits per heavy atom. The smallest absolute Gasteiger partial charge is 0.0906 e. The summed E-state index contributed by atoms with van der Waals surface area (Å²) in [5, 5.41) is 3.23. The molecule has 1 saturated heterocycles. The van der Waals surface area contributed by atoms with E-state index < -0.39 is 0 Å². The van der Waals surface area contributed by atoms with Crippen LogP contribution in [0.4, 0.5) is 0 Å². The Morgan fingerprint density at radius 2 is 2.00 bits per heavy atom. The molecule has 2 heteroatoms. The van der Waals surface area contributed by atoms with Crippen molar-refractivity contribution in [1.29, 1.82) is 0 Å². The minimum absolute atomic E-state index is 0.0544. The second-order valence-corrected chi connectivity index (χ2v) is 4.76. The van der Waals surface area contributed by atoms with Crippen molar-refractivity contribution < 1.29 is 4.74 Å². The van der Waals surface area contributed by atoms with Crippen LogP contribution in [0.3, 0.4) is 0 Å². The fraction of sp³-hybridized carbons (Fsp3) is 0.538. The van der Waals surface area contributed by atoms with E-state index in [1.54, 1.807) is 0 Å². The van der Waals surface area contributed by atoms with E-state index in [0.717, 1.165) is 19.7 Å². The van der Waals surface area contributed by atoms with Gasteiger partial charge in [-0.05, 0) is 37.5 Å². The van der Waals surface area contributed by atoms with Gasteiger partial charge in [0.25, 0.3) is 0 Å². The van der Waals surface area contributed by atoms with Crippen LogP contribution in [0, 0.1) is 13.8 Å². The van der Waals surface area contributed by atoms with Crippen LogP contribution in [-0.4, -0.2) is 18.7 Å². The standard InChI is InChI=1S/C13H19NO/c1-10-4-5-12(6-11(10)2)7-15-13(3)8-14-9-13/h4-6,14H,7-9H2,1-3H3. The Bertz CT molecular complexity index is 356. The van der Waals surface area contributed by atoms with Crippen LogP contribution >= 0.6 is 0 Å². The summed E-state index contributed by atoms with van der Waals surface area (Å²) < 4.78 is 5.88. The molecular weight excluding hydrogens is 186 g/mol. The number of nitrogens with one attached hydrogen (secondary N) is 1. The van der Waals surface area contributed by atoms with Crippen LogP contribution in [0.1, 0.15) is 23.6 Å². The van der Waals surface area contributed by atoms with Gasteiger partial charge in [-0.15, -0.1) is 0 Å². The van der Waals surface area contributed by atoms with Gasteiger partial charge in [-0.2, -0.15) is 0 Å². The maximum Gasteiger partial charge on any atom is 0.0906 e. The molecule has 1 aliphatic heterocycles. The summed E-state index contributed by atoms with van der Waals surface area (Å²) in [6, 6.07) is 6.53. The van der Waals surface area contributed by atoms with Gasteiger partial charge >= 0.3 is 0 Å². The molecule has 1 fully saturated rings. The molecule has 82 valence electrons. The number of benzene rings is 1. The second-order valence-electron chi connectivity index (χ2n) is 4.76. The lowest BCUT2D eigenvalue weighted by molar-refractivity contribution is -0.0767. The van der Waals surface area contributed by atoms with Crippen molar-refractivity contribution in [3.05, 3.63) is 34.9 Å². The normalized spacial score (nSPS) is 18.6. The summed E-state index contributed by atoms with van der Waals surface area (Å²) in [6.07, 6.45) is 0. The zero-order valence-corrected chi connectivity index (χ0v) is 9.76. The first kappa shape index (κ1) is 10.7. The van der Waals surface area contributed by atoms with Gasteiger partial charge in [0, 0.05) is 13.1 Å². The zero-order chi connectivity index (χ0) is 10.9. The van der Waals surface area contributed by atoms with Gasteiger partial charge in [0.1, 0.15) is 0 Å². The van der Waals surface area contributed by atoms with Crippen molar-refractivity contribution in [3.8, 4) is 0 Å². The van der Waals surface area contributed by atoms with E-state index in [-0.39, 0.29) is 5.60 Å². The van der Waals surface area contributed by atoms with E-state index in [1.165, 1.54) is 16.7 Å². The molecule has 1 aliphatic rings. The van der Waals surface area contributed by atoms with Crippen LogP contribution in [0.5, 0.6) is 0 Å². The van der Waals surface area contributed by atoms with Gasteiger partial charge < -0.3 is 10.1 Å². The molecule has 0 unspecified atom stereocenters. The van der Waals surface area contributed by atoms with E-state index >= 15 is 0 Å². The SMILES string of the molecule is Cc1ccc(COC2(C)CNC2)cc1C. The van der Waals surface area contributed by atoms with E-state index in [1.807, 2.05) is 0 Å². The molecule has 1 aromatic rings. The maximum absolute atomic E-state index is 5.88. The molecule has 1 N–H and O–H groups in total. The zero-order valence-electron chi connectivity index (χ0n) is 9.76. The molecule has 0 aliphatic carbocycles. The molecule has 15 heavy (non-hydrogen) atoms. The quantitative estimate of drug-likeness (QED) is 0.816. The predicted molar refractivity (Wildman–Crippen MR) is 62.0 cm³/mol. The Kier molecular flexibility index (Phi) is 2.81. The monoisotopic (exact) mass is 205 g/mol. The van der Waals surface area contributed by atoms with Gasteiger partial charge in [-0.25, -0.2) is 0 Å². The Morgan fingerprint density at radius 3 is 2.53 bits per heavy atom. The molecule has 2 rings (SSSR count). The number of ether oxygens (including phenoxy) is 1. The van der Waals surface area contributed by atoms with Gasteiger partial charge in [0.2, 0.25) is 0 Å². The fourth-order valence-corrected chi connectivity index (χ4v) is 1.73. The Labute approximate surface area is 91.6 Å². The van der Waals surface area contributed by atoms with Gasteiger partial charge in [0.15, 0.2) is 0 Å². The minimum atomic E-state index is 0.0544. The van der Waals surface area contributed by atoms with E-state index in [4.69, 9.17) is 4.74 Å². The first-order valence-electron chi connectivity index (χ1n) is 5.50. The van der Waals surface area contributed by atoms with E-state index in [0.29, 0.717) is 0 Å². The largest absolute Gasteiger partial charge is 0.368 e. The number of hydrogen-bond donors (Lipinski definition) is 1. The van der Waals surface area contributed by atoms with Crippen molar-refractivity contribution in [2.75, 3.05) is 13.1 Å². The van der Waals surface area contributed by atoms with Crippen molar-refractivity contribution in [3.63, 3.8) is 0 Å². The van der Waals surface area contributed by atoms with Crippen LogP contribution in [-0.2, 0) is 11.3 Å². The minimum Gasteiger partial charge on any atom is -0.368 e. The van der Waals surface area contributed by atoms with Gasteiger partial charge in [-0.1, -0.05) is 18.2 Å². The highest BCUT2D eigenvalue weighted by Crippen LogP contribution is 2.18. The molecule has 0 saturated carbocycles. The lowest BCUT2D eigenvalue weighted by Crippen LogP contribution is -2.58. The summed E-state index contributed by atoms with van der Waals surface area (Å²) >= 11 is 0. The van der Waals surface area contributed by atoms with E-state index in [2.05, 4.69) is 44.3 Å². The van der Waals surface area contributed by atoms with Crippen molar-refractivity contribution in [2.45, 2.75) is 33.0 Å². The third-order valence-electron chi connectivity index (χ3n) is 3.16. The van der Waals surface area contributed by atoms with Crippen LogP contribution in [0.15, 0.2) is 18.2 Å².